The predicted molar refractivity (Wildman–Crippen MR) is 59.7 cm³/mol. The van der Waals surface area contributed by atoms with E-state index in [2.05, 4.69) is 21.2 Å². The Bertz CT molecular complexity index is 445. The summed E-state index contributed by atoms with van der Waals surface area (Å²) in [5, 5.41) is 10.8. The first-order chi connectivity index (χ1) is 8.50. The van der Waals surface area contributed by atoms with Gasteiger partial charge in [-0.05, 0) is 18.2 Å². The van der Waals surface area contributed by atoms with E-state index in [1.54, 1.807) is 0 Å². The molecule has 1 unspecified atom stereocenters. The van der Waals surface area contributed by atoms with Crippen molar-refractivity contribution in [2.24, 2.45) is 0 Å². The molecule has 1 aromatic rings. The zero-order chi connectivity index (χ0) is 14.8. The zero-order valence-electron chi connectivity index (χ0n) is 9.11. The standard InChI is InChI=1S/C10H8BrF6NO/c11-6-1-5(9(12,13)14)2-7(3-6)18-4-8(19)10(15,16)17/h1-3,8,18-19H,4H2. The van der Waals surface area contributed by atoms with Crippen molar-refractivity contribution in [3.63, 3.8) is 0 Å². The summed E-state index contributed by atoms with van der Waals surface area (Å²) in [6, 6.07) is 2.64. The van der Waals surface area contributed by atoms with E-state index in [1.807, 2.05) is 0 Å². The highest BCUT2D eigenvalue weighted by Gasteiger charge is 2.38. The summed E-state index contributed by atoms with van der Waals surface area (Å²) in [7, 11) is 0. The monoisotopic (exact) mass is 351 g/mol. The summed E-state index contributed by atoms with van der Waals surface area (Å²) in [6.45, 7) is -0.933. The molecule has 0 amide bonds. The van der Waals surface area contributed by atoms with Gasteiger partial charge < -0.3 is 10.4 Å². The van der Waals surface area contributed by atoms with Crippen molar-refractivity contribution in [1.82, 2.24) is 0 Å². The summed E-state index contributed by atoms with van der Waals surface area (Å²) in [6.07, 6.45) is -12.1. The molecule has 0 aliphatic heterocycles. The van der Waals surface area contributed by atoms with Gasteiger partial charge in [-0.15, -0.1) is 0 Å². The molecule has 1 rings (SSSR count). The Hall–Kier alpha value is -0.960. The molecular weight excluding hydrogens is 344 g/mol. The normalized spacial score (nSPS) is 14.3. The molecule has 0 saturated heterocycles. The van der Waals surface area contributed by atoms with E-state index in [1.165, 1.54) is 6.07 Å². The van der Waals surface area contributed by atoms with Crippen LogP contribution in [-0.2, 0) is 6.18 Å². The summed E-state index contributed by atoms with van der Waals surface area (Å²) in [5.74, 6) is 0. The first-order valence-electron chi connectivity index (χ1n) is 4.86. The molecule has 0 aromatic heterocycles. The third kappa shape index (κ3) is 4.90. The first-order valence-corrected chi connectivity index (χ1v) is 5.66. The molecule has 0 heterocycles. The number of hydrogen-bond acceptors (Lipinski definition) is 2. The molecule has 19 heavy (non-hydrogen) atoms. The van der Waals surface area contributed by atoms with Gasteiger partial charge in [0.2, 0.25) is 0 Å². The van der Waals surface area contributed by atoms with Gasteiger partial charge in [0.15, 0.2) is 6.10 Å². The average Bonchev–Trinajstić information content (AvgIpc) is 2.22. The lowest BCUT2D eigenvalue weighted by Crippen LogP contribution is -2.35. The van der Waals surface area contributed by atoms with Gasteiger partial charge in [-0.25, -0.2) is 0 Å². The Morgan fingerprint density at radius 2 is 1.68 bits per heavy atom. The molecule has 0 bridgehead atoms. The molecule has 0 aliphatic rings. The van der Waals surface area contributed by atoms with Crippen molar-refractivity contribution in [1.29, 1.82) is 0 Å². The number of aliphatic hydroxyl groups is 1. The lowest BCUT2D eigenvalue weighted by molar-refractivity contribution is -0.198. The SMILES string of the molecule is OC(CNc1cc(Br)cc(C(F)(F)F)c1)C(F)(F)F. The van der Waals surface area contributed by atoms with Crippen molar-refractivity contribution >= 4 is 21.6 Å². The number of benzene rings is 1. The highest BCUT2D eigenvalue weighted by molar-refractivity contribution is 9.10. The fourth-order valence-electron chi connectivity index (χ4n) is 1.19. The molecule has 2 N–H and O–H groups in total. The Labute approximate surface area is 112 Å². The van der Waals surface area contributed by atoms with Crippen molar-refractivity contribution < 1.29 is 31.4 Å². The third-order valence-electron chi connectivity index (χ3n) is 2.10. The van der Waals surface area contributed by atoms with Crippen LogP contribution in [0.15, 0.2) is 22.7 Å². The maximum Gasteiger partial charge on any atom is 0.416 e. The Morgan fingerprint density at radius 1 is 1.11 bits per heavy atom. The van der Waals surface area contributed by atoms with Crippen LogP contribution < -0.4 is 5.32 Å². The van der Waals surface area contributed by atoms with Gasteiger partial charge in [-0.2, -0.15) is 26.3 Å². The minimum Gasteiger partial charge on any atom is -0.382 e. The van der Waals surface area contributed by atoms with Gasteiger partial charge in [0.25, 0.3) is 0 Å². The summed E-state index contributed by atoms with van der Waals surface area (Å²) < 4.78 is 73.5. The van der Waals surface area contributed by atoms with Crippen LogP contribution in [0.3, 0.4) is 0 Å². The van der Waals surface area contributed by atoms with E-state index in [-0.39, 0.29) is 10.2 Å². The van der Waals surface area contributed by atoms with Crippen LogP contribution in [0, 0.1) is 0 Å². The van der Waals surface area contributed by atoms with Gasteiger partial charge in [0, 0.05) is 16.7 Å². The molecule has 0 aliphatic carbocycles. The Morgan fingerprint density at radius 3 is 2.16 bits per heavy atom. The Kier molecular flexibility index (Phi) is 4.72. The number of aliphatic hydroxyl groups excluding tert-OH is 1. The second-order valence-corrected chi connectivity index (χ2v) is 4.58. The summed E-state index contributed by atoms with van der Waals surface area (Å²) >= 11 is 2.83. The molecule has 108 valence electrons. The molecule has 0 fully saturated rings. The molecule has 1 aromatic carbocycles. The zero-order valence-corrected chi connectivity index (χ0v) is 10.7. The molecule has 0 radical (unpaired) electrons. The molecule has 0 saturated carbocycles. The van der Waals surface area contributed by atoms with Crippen molar-refractivity contribution in [3.8, 4) is 0 Å². The van der Waals surface area contributed by atoms with Crippen LogP contribution in [0.2, 0.25) is 0 Å². The van der Waals surface area contributed by atoms with Crippen LogP contribution in [0.5, 0.6) is 0 Å². The van der Waals surface area contributed by atoms with Gasteiger partial charge in [0.1, 0.15) is 0 Å². The van der Waals surface area contributed by atoms with Crippen molar-refractivity contribution in [3.05, 3.63) is 28.2 Å². The maximum atomic E-state index is 12.5. The second kappa shape index (κ2) is 5.58. The van der Waals surface area contributed by atoms with Crippen LogP contribution >= 0.6 is 15.9 Å². The average molecular weight is 352 g/mol. The minimum absolute atomic E-state index is 0.0614. The number of hydrogen-bond donors (Lipinski definition) is 2. The van der Waals surface area contributed by atoms with E-state index in [9.17, 15) is 26.3 Å². The molecule has 0 spiro atoms. The third-order valence-corrected chi connectivity index (χ3v) is 2.56. The highest BCUT2D eigenvalue weighted by Crippen LogP contribution is 2.33. The smallest absolute Gasteiger partial charge is 0.382 e. The predicted octanol–water partition coefficient (Wildman–Crippen LogP) is 3.80. The fourth-order valence-corrected chi connectivity index (χ4v) is 1.68. The fraction of sp³-hybridized carbons (Fsp3) is 0.400. The lowest BCUT2D eigenvalue weighted by atomic mass is 10.2. The topological polar surface area (TPSA) is 32.3 Å². The number of rotatable bonds is 3. The number of alkyl halides is 6. The summed E-state index contributed by atoms with van der Waals surface area (Å²) in [4.78, 5) is 0. The van der Waals surface area contributed by atoms with E-state index < -0.39 is 30.6 Å². The Balaban J connectivity index is 2.83. The minimum atomic E-state index is -4.83. The number of nitrogens with one attached hydrogen (secondary N) is 1. The maximum absolute atomic E-state index is 12.5. The van der Waals surface area contributed by atoms with Gasteiger partial charge in [-0.3, -0.25) is 0 Å². The second-order valence-electron chi connectivity index (χ2n) is 3.66. The number of anilines is 1. The van der Waals surface area contributed by atoms with Gasteiger partial charge in [0.05, 0.1) is 5.56 Å². The van der Waals surface area contributed by atoms with E-state index >= 15 is 0 Å². The largest absolute Gasteiger partial charge is 0.416 e. The van der Waals surface area contributed by atoms with Crippen molar-refractivity contribution in [2.75, 3.05) is 11.9 Å². The van der Waals surface area contributed by atoms with Gasteiger partial charge in [-0.1, -0.05) is 15.9 Å². The first kappa shape index (κ1) is 16.1. The molecular formula is C10H8BrF6NO. The van der Waals surface area contributed by atoms with Crippen LogP contribution in [0.4, 0.5) is 32.0 Å². The quantitative estimate of drug-likeness (QED) is 0.812. The van der Waals surface area contributed by atoms with Crippen LogP contribution in [0.25, 0.3) is 0 Å². The van der Waals surface area contributed by atoms with E-state index in [0.717, 1.165) is 6.07 Å². The van der Waals surface area contributed by atoms with Crippen LogP contribution in [0.1, 0.15) is 5.56 Å². The highest BCUT2D eigenvalue weighted by atomic mass is 79.9. The molecule has 1 atom stereocenters. The van der Waals surface area contributed by atoms with Gasteiger partial charge >= 0.3 is 12.4 Å². The molecule has 9 heteroatoms. The van der Waals surface area contributed by atoms with E-state index in [4.69, 9.17) is 5.11 Å². The number of halogens is 7. The summed E-state index contributed by atoms with van der Waals surface area (Å²) in [5.41, 5.74) is -1.18. The molecule has 2 nitrogen and oxygen atoms in total. The lowest BCUT2D eigenvalue weighted by Gasteiger charge is -2.17. The van der Waals surface area contributed by atoms with E-state index in [0.29, 0.717) is 6.07 Å². The van der Waals surface area contributed by atoms with Crippen LogP contribution in [-0.4, -0.2) is 23.9 Å². The van der Waals surface area contributed by atoms with Crippen molar-refractivity contribution in [2.45, 2.75) is 18.5 Å².